The maximum absolute atomic E-state index is 13.9. The van der Waals surface area contributed by atoms with Crippen molar-refractivity contribution in [1.82, 2.24) is 0 Å². The zero-order valence-corrected chi connectivity index (χ0v) is 13.2. The Balaban J connectivity index is 2.60. The average molecular weight is 397 g/mol. The number of primary amides is 1. The number of hydrogen-bond donors (Lipinski definition) is 2. The number of carbonyl (C=O) groups excluding carboxylic acids is 1. The van der Waals surface area contributed by atoms with Crippen LogP contribution in [-0.2, 0) is 10.3 Å². The Kier molecular flexibility index (Phi) is 5.04. The van der Waals surface area contributed by atoms with Crippen molar-refractivity contribution in [3.8, 4) is 5.75 Å². The molecule has 2 rings (SSSR count). The van der Waals surface area contributed by atoms with Gasteiger partial charge in [0.05, 0.1) is 5.69 Å². The number of anilines is 2. The van der Waals surface area contributed by atoms with Gasteiger partial charge < -0.3 is 9.92 Å². The maximum Gasteiger partial charge on any atom is 0.380 e. The lowest BCUT2D eigenvalue weighted by Crippen LogP contribution is -2.33. The second-order valence-electron chi connectivity index (χ2n) is 4.66. The molecule has 0 radical (unpaired) electrons. The van der Waals surface area contributed by atoms with Crippen LogP contribution in [0.3, 0.4) is 0 Å². The molecule has 0 bridgehead atoms. The third-order valence-corrected chi connectivity index (χ3v) is 3.36. The fraction of sp³-hybridized carbons (Fsp3) is 0. The van der Waals surface area contributed by atoms with E-state index in [4.69, 9.17) is 5.73 Å². The van der Waals surface area contributed by atoms with Gasteiger partial charge in [-0.3, -0.25) is 4.90 Å². The van der Waals surface area contributed by atoms with Gasteiger partial charge in [0.15, 0.2) is 23.3 Å². The van der Waals surface area contributed by atoms with E-state index in [1.165, 1.54) is 0 Å². The van der Waals surface area contributed by atoms with Crippen molar-refractivity contribution in [1.29, 1.82) is 0 Å². The zero-order valence-electron chi connectivity index (χ0n) is 12.3. The largest absolute Gasteiger partial charge is 0.380 e. The summed E-state index contributed by atoms with van der Waals surface area (Å²) in [5.41, 5.74) is 2.94. The number of urea groups is 1. The van der Waals surface area contributed by atoms with Gasteiger partial charge in [0, 0.05) is 0 Å². The van der Waals surface area contributed by atoms with Crippen molar-refractivity contribution >= 4 is 27.7 Å². The van der Waals surface area contributed by atoms with Gasteiger partial charge in [-0.15, -0.1) is 0 Å². The number of amides is 2. The molecule has 7 nitrogen and oxygen atoms in total. The quantitative estimate of drug-likeness (QED) is 0.467. The molecule has 0 atom stereocenters. The Labute approximate surface area is 142 Å². The summed E-state index contributed by atoms with van der Waals surface area (Å²) in [4.78, 5) is 11.6. The highest BCUT2D eigenvalue weighted by Crippen LogP contribution is 2.35. The van der Waals surface area contributed by atoms with Gasteiger partial charge in [0.25, 0.3) is 0 Å². The van der Waals surface area contributed by atoms with Gasteiger partial charge in [-0.25, -0.2) is 26.7 Å². The minimum atomic E-state index is -4.37. The summed E-state index contributed by atoms with van der Waals surface area (Å²) in [6.45, 7) is 0. The van der Waals surface area contributed by atoms with E-state index in [1.54, 1.807) is 0 Å². The summed E-state index contributed by atoms with van der Waals surface area (Å²) >= 11 is 0. The minimum absolute atomic E-state index is 0.0109. The molecular weight excluding hydrogens is 389 g/mol. The van der Waals surface area contributed by atoms with E-state index >= 15 is 0 Å². The number of hydrogen-bond acceptors (Lipinski definition) is 4. The summed E-state index contributed by atoms with van der Waals surface area (Å²) in [6, 6.07) is 1.99. The average Bonchev–Trinajstić information content (AvgIpc) is 2.54. The fourth-order valence-corrected chi connectivity index (χ4v) is 2.32. The first-order valence-corrected chi connectivity index (χ1v) is 7.84. The van der Waals surface area contributed by atoms with Gasteiger partial charge in [-0.1, -0.05) is 0 Å². The lowest BCUT2D eigenvalue weighted by atomic mass is 10.2. The Morgan fingerprint density at radius 2 is 1.31 bits per heavy atom. The maximum atomic E-state index is 13.9. The molecule has 0 aliphatic rings. The number of benzene rings is 2. The van der Waals surface area contributed by atoms with Crippen LogP contribution in [0.5, 0.6) is 5.75 Å². The second-order valence-corrected chi connectivity index (χ2v) is 5.81. The summed E-state index contributed by atoms with van der Waals surface area (Å²) in [5.74, 6) is -11.9. The lowest BCUT2D eigenvalue weighted by molar-refractivity contribution is 0.255. The van der Waals surface area contributed by atoms with Crippen molar-refractivity contribution in [3.05, 3.63) is 53.4 Å². The van der Waals surface area contributed by atoms with Crippen LogP contribution >= 0.6 is 0 Å². The van der Waals surface area contributed by atoms with Crippen LogP contribution in [0, 0.1) is 29.1 Å². The summed E-state index contributed by atoms with van der Waals surface area (Å²) in [6.07, 6.45) is 0. The van der Waals surface area contributed by atoms with E-state index in [2.05, 4.69) is 9.32 Å². The van der Waals surface area contributed by atoms with Crippen LogP contribution in [0.15, 0.2) is 24.3 Å². The monoisotopic (exact) mass is 397 g/mol. The predicted octanol–water partition coefficient (Wildman–Crippen LogP) is 2.18. The normalized spacial score (nSPS) is 11.3. The van der Waals surface area contributed by atoms with Crippen molar-refractivity contribution in [3.63, 3.8) is 0 Å². The highest BCUT2D eigenvalue weighted by atomic mass is 32.2. The summed E-state index contributed by atoms with van der Waals surface area (Å²) < 4.78 is 93.5. The molecule has 0 saturated heterocycles. The van der Waals surface area contributed by atoms with E-state index < -0.39 is 56.8 Å². The van der Waals surface area contributed by atoms with Gasteiger partial charge in [-0.2, -0.15) is 13.6 Å². The van der Waals surface area contributed by atoms with Gasteiger partial charge in [0.2, 0.25) is 5.82 Å². The lowest BCUT2D eigenvalue weighted by Gasteiger charge is -2.22. The molecule has 0 fully saturated rings. The van der Waals surface area contributed by atoms with E-state index in [0.717, 1.165) is 24.3 Å². The van der Waals surface area contributed by atoms with E-state index in [-0.39, 0.29) is 10.6 Å². The Hall–Kier alpha value is -2.93. The molecule has 4 N–H and O–H groups in total. The van der Waals surface area contributed by atoms with E-state index in [9.17, 15) is 35.2 Å². The molecule has 2 aromatic carbocycles. The number of nitrogens with two attached hydrogens (primary N) is 2. The molecule has 0 aliphatic heterocycles. The zero-order chi connectivity index (χ0) is 19.8. The predicted molar refractivity (Wildman–Crippen MR) is 78.1 cm³/mol. The second kappa shape index (κ2) is 6.76. The smallest absolute Gasteiger partial charge is 0.371 e. The van der Waals surface area contributed by atoms with Gasteiger partial charge >= 0.3 is 16.3 Å². The standard InChI is InChI=1S/C13H8F5N3O4S/c14-7-8(15)10(17)12(11(18)9(7)16)21(13(19)22)5-1-3-6(4-2-5)25-26(20,23)24/h1-4H,(H2,19,22)(H2,20,23,24). The topological polar surface area (TPSA) is 116 Å². The van der Waals surface area contributed by atoms with E-state index in [0.29, 0.717) is 0 Å². The summed E-state index contributed by atoms with van der Waals surface area (Å²) in [5, 5.41) is 4.64. The molecule has 13 heteroatoms. The van der Waals surface area contributed by atoms with Crippen LogP contribution in [0.4, 0.5) is 38.1 Å². The minimum Gasteiger partial charge on any atom is -0.371 e. The van der Waals surface area contributed by atoms with Gasteiger partial charge in [-0.05, 0) is 24.3 Å². The van der Waals surface area contributed by atoms with Crippen molar-refractivity contribution in [2.45, 2.75) is 0 Å². The van der Waals surface area contributed by atoms with Crippen LogP contribution in [-0.4, -0.2) is 14.4 Å². The van der Waals surface area contributed by atoms with Crippen LogP contribution in [0.25, 0.3) is 0 Å². The SMILES string of the molecule is NC(=O)N(c1ccc(OS(N)(=O)=O)cc1)c1c(F)c(F)c(F)c(F)c1F. The Morgan fingerprint density at radius 1 is 0.885 bits per heavy atom. The first-order chi connectivity index (χ1) is 11.9. The Morgan fingerprint density at radius 3 is 1.69 bits per heavy atom. The molecular formula is C13H8F5N3O4S. The molecule has 140 valence electrons. The number of nitrogens with zero attached hydrogens (tertiary/aromatic N) is 1. The van der Waals surface area contributed by atoms with Crippen molar-refractivity contribution in [2.75, 3.05) is 4.90 Å². The fourth-order valence-electron chi connectivity index (χ4n) is 1.94. The van der Waals surface area contributed by atoms with Gasteiger partial charge in [0.1, 0.15) is 11.4 Å². The van der Waals surface area contributed by atoms with E-state index in [1.807, 2.05) is 0 Å². The molecule has 0 aliphatic carbocycles. The molecule has 0 unspecified atom stereocenters. The highest BCUT2D eigenvalue weighted by molar-refractivity contribution is 7.84. The third-order valence-electron chi connectivity index (χ3n) is 2.94. The molecule has 2 aromatic rings. The number of rotatable bonds is 4. The molecule has 2 amide bonds. The molecule has 0 spiro atoms. The van der Waals surface area contributed by atoms with Crippen LogP contribution in [0.1, 0.15) is 0 Å². The summed E-state index contributed by atoms with van der Waals surface area (Å²) in [7, 11) is -4.37. The van der Waals surface area contributed by atoms with Crippen molar-refractivity contribution in [2.24, 2.45) is 10.9 Å². The van der Waals surface area contributed by atoms with Crippen LogP contribution in [0.2, 0.25) is 0 Å². The highest BCUT2D eigenvalue weighted by Gasteiger charge is 2.32. The van der Waals surface area contributed by atoms with Crippen molar-refractivity contribution < 1.29 is 39.3 Å². The number of carbonyl (C=O) groups is 1. The Bertz CT molecular complexity index is 953. The number of halogens is 5. The first-order valence-electron chi connectivity index (χ1n) is 6.37. The molecule has 0 aromatic heterocycles. The molecule has 0 saturated carbocycles. The first kappa shape index (κ1) is 19.4. The third kappa shape index (κ3) is 3.67. The molecule has 26 heavy (non-hydrogen) atoms. The molecule has 0 heterocycles. The van der Waals surface area contributed by atoms with Crippen LogP contribution < -0.4 is 20.0 Å².